The summed E-state index contributed by atoms with van der Waals surface area (Å²) in [4.78, 5) is 8.62. The maximum Gasteiger partial charge on any atom is 0.191 e. The van der Waals surface area contributed by atoms with E-state index >= 15 is 0 Å². The van der Waals surface area contributed by atoms with Gasteiger partial charge < -0.3 is 20.5 Å². The summed E-state index contributed by atoms with van der Waals surface area (Å²) in [6.45, 7) is 7.39. The smallest absolute Gasteiger partial charge is 0.191 e. The Labute approximate surface area is 177 Å². The van der Waals surface area contributed by atoms with Gasteiger partial charge in [0.05, 0.1) is 12.2 Å². The minimum Gasteiger partial charge on any atom is -0.491 e. The van der Waals surface area contributed by atoms with E-state index in [1.54, 1.807) is 4.68 Å². The zero-order valence-corrected chi connectivity index (χ0v) is 18.5. The maximum atomic E-state index is 10.5. The Morgan fingerprint density at radius 3 is 2.74 bits per heavy atom. The molecule has 0 amide bonds. The number of hydrogen-bond donors (Lipinski definition) is 3. The number of aliphatic hydroxyl groups excluding tert-OH is 1. The molecule has 0 saturated heterocycles. The van der Waals surface area contributed by atoms with Gasteiger partial charge in [-0.3, -0.25) is 4.68 Å². The summed E-state index contributed by atoms with van der Waals surface area (Å²) in [7, 11) is 1.83. The summed E-state index contributed by atoms with van der Waals surface area (Å²) in [6, 6.07) is 7.50. The van der Waals surface area contributed by atoms with E-state index < -0.39 is 6.10 Å². The largest absolute Gasteiger partial charge is 0.491 e. The monoisotopic (exact) mass is 488 g/mol. The van der Waals surface area contributed by atoms with Gasteiger partial charge >= 0.3 is 0 Å². The van der Waals surface area contributed by atoms with E-state index in [1.807, 2.05) is 52.1 Å². The Hall–Kier alpha value is -1.88. The zero-order chi connectivity index (χ0) is 18.9. The lowest BCUT2D eigenvalue weighted by Gasteiger charge is -2.17. The Kier molecular flexibility index (Phi) is 10.1. The molecule has 0 fully saturated rings. The molecule has 1 unspecified atom stereocenters. The van der Waals surface area contributed by atoms with E-state index in [0.29, 0.717) is 19.0 Å². The number of ether oxygens (including phenoxy) is 1. The highest BCUT2D eigenvalue weighted by atomic mass is 127. The van der Waals surface area contributed by atoms with Crippen molar-refractivity contribution < 1.29 is 9.84 Å². The van der Waals surface area contributed by atoms with Crippen LogP contribution in [-0.2, 0) is 13.6 Å². The molecule has 0 spiro atoms. The fraction of sp³-hybridized carbons (Fsp3) is 0.500. The molecule has 0 bridgehead atoms. The second kappa shape index (κ2) is 11.8. The number of nitrogens with zero attached hydrogens (tertiary/aromatic N) is 4. The van der Waals surface area contributed by atoms with Crippen LogP contribution >= 0.6 is 24.0 Å². The van der Waals surface area contributed by atoms with Crippen LogP contribution in [0.15, 0.2) is 35.6 Å². The summed E-state index contributed by atoms with van der Waals surface area (Å²) in [6.07, 6.45) is 0.916. The number of rotatable bonds is 8. The van der Waals surface area contributed by atoms with Gasteiger partial charge in [-0.15, -0.1) is 24.0 Å². The van der Waals surface area contributed by atoms with E-state index in [1.165, 1.54) is 6.33 Å². The fourth-order valence-corrected chi connectivity index (χ4v) is 2.33. The number of nitrogens with one attached hydrogen (secondary N) is 2. The third-order valence-electron chi connectivity index (χ3n) is 3.61. The second-order valence-electron chi connectivity index (χ2n) is 6.13. The predicted octanol–water partition coefficient (Wildman–Crippen LogP) is 2.01. The summed E-state index contributed by atoms with van der Waals surface area (Å²) >= 11 is 0. The fourth-order valence-electron chi connectivity index (χ4n) is 2.33. The first-order valence-corrected chi connectivity index (χ1v) is 8.79. The van der Waals surface area contributed by atoms with Crippen LogP contribution in [0.5, 0.6) is 5.75 Å². The Morgan fingerprint density at radius 1 is 1.33 bits per heavy atom. The maximum absolute atomic E-state index is 10.5. The number of aliphatic imine (C=N–C) groups is 1. The van der Waals surface area contributed by atoms with E-state index in [9.17, 15) is 5.11 Å². The molecule has 3 N–H and O–H groups in total. The number of halogens is 1. The standard InChI is InChI=1S/C18H28N6O2.HI/c1-5-19-18(21-11-17-22-12-23-24(17)4)20-10-16(25)14-7-6-8-15(9-14)26-13(2)3;/h6-9,12-13,16,25H,5,10-11H2,1-4H3,(H2,19,20,21);1H. The van der Waals surface area contributed by atoms with Gasteiger partial charge in [0.15, 0.2) is 5.96 Å². The van der Waals surface area contributed by atoms with E-state index in [-0.39, 0.29) is 30.1 Å². The van der Waals surface area contributed by atoms with Crippen LogP contribution in [0.3, 0.4) is 0 Å². The third-order valence-corrected chi connectivity index (χ3v) is 3.61. The van der Waals surface area contributed by atoms with Crippen molar-refractivity contribution in [3.63, 3.8) is 0 Å². The number of hydrogen-bond acceptors (Lipinski definition) is 5. The molecule has 27 heavy (non-hydrogen) atoms. The molecule has 1 aromatic heterocycles. The first kappa shape index (κ1) is 23.2. The number of aromatic nitrogens is 3. The van der Waals surface area contributed by atoms with Crippen molar-refractivity contribution in [2.75, 3.05) is 13.1 Å². The van der Waals surface area contributed by atoms with Crippen LogP contribution < -0.4 is 15.4 Å². The highest BCUT2D eigenvalue weighted by Crippen LogP contribution is 2.19. The SMILES string of the molecule is CCNC(=NCc1ncnn1C)NCC(O)c1cccc(OC(C)C)c1.I. The molecular weight excluding hydrogens is 459 g/mol. The molecule has 2 rings (SSSR count). The van der Waals surface area contributed by atoms with Gasteiger partial charge in [-0.1, -0.05) is 12.1 Å². The molecule has 0 radical (unpaired) electrons. The number of benzene rings is 1. The van der Waals surface area contributed by atoms with Gasteiger partial charge in [0.1, 0.15) is 24.4 Å². The second-order valence-corrected chi connectivity index (χ2v) is 6.13. The molecule has 2 aromatic rings. The summed E-state index contributed by atoms with van der Waals surface area (Å²) in [5, 5.41) is 20.8. The highest BCUT2D eigenvalue weighted by Gasteiger charge is 2.10. The summed E-state index contributed by atoms with van der Waals surface area (Å²) in [5.74, 6) is 2.13. The molecule has 1 aromatic carbocycles. The van der Waals surface area contributed by atoms with Crippen LogP contribution in [0.2, 0.25) is 0 Å². The lowest BCUT2D eigenvalue weighted by Crippen LogP contribution is -2.39. The average molecular weight is 488 g/mol. The van der Waals surface area contributed by atoms with Crippen LogP contribution in [0.1, 0.15) is 38.3 Å². The molecular formula is C18H29IN6O2. The van der Waals surface area contributed by atoms with Crippen molar-refractivity contribution in [1.29, 1.82) is 0 Å². The highest BCUT2D eigenvalue weighted by molar-refractivity contribution is 14.0. The minimum absolute atomic E-state index is 0. The third kappa shape index (κ3) is 7.71. The quantitative estimate of drug-likeness (QED) is 0.299. The van der Waals surface area contributed by atoms with Crippen LogP contribution in [0.4, 0.5) is 0 Å². The Morgan fingerprint density at radius 2 is 2.11 bits per heavy atom. The van der Waals surface area contributed by atoms with Gasteiger partial charge in [-0.05, 0) is 38.5 Å². The van der Waals surface area contributed by atoms with Crippen LogP contribution in [0.25, 0.3) is 0 Å². The van der Waals surface area contributed by atoms with Crippen molar-refractivity contribution >= 4 is 29.9 Å². The van der Waals surface area contributed by atoms with Gasteiger partial charge in [0.25, 0.3) is 0 Å². The van der Waals surface area contributed by atoms with E-state index in [4.69, 9.17) is 4.74 Å². The lowest BCUT2D eigenvalue weighted by atomic mass is 10.1. The Bertz CT molecular complexity index is 719. The molecule has 1 heterocycles. The number of guanidine groups is 1. The van der Waals surface area contributed by atoms with Gasteiger partial charge in [-0.2, -0.15) is 5.10 Å². The van der Waals surface area contributed by atoms with Gasteiger partial charge in [-0.25, -0.2) is 9.98 Å². The first-order chi connectivity index (χ1) is 12.5. The number of aryl methyl sites for hydroxylation is 1. The van der Waals surface area contributed by atoms with Crippen molar-refractivity contribution in [3.8, 4) is 5.75 Å². The molecule has 8 nitrogen and oxygen atoms in total. The van der Waals surface area contributed by atoms with Crippen LogP contribution in [0, 0.1) is 0 Å². The molecule has 9 heteroatoms. The molecule has 150 valence electrons. The molecule has 0 aliphatic rings. The molecule has 1 atom stereocenters. The minimum atomic E-state index is -0.676. The first-order valence-electron chi connectivity index (χ1n) is 8.79. The van der Waals surface area contributed by atoms with E-state index in [0.717, 1.165) is 23.7 Å². The normalized spacial score (nSPS) is 12.4. The van der Waals surface area contributed by atoms with Crippen LogP contribution in [-0.4, -0.2) is 45.0 Å². The molecule has 0 aliphatic carbocycles. The molecule has 0 saturated carbocycles. The average Bonchev–Trinajstić information content (AvgIpc) is 3.01. The summed E-state index contributed by atoms with van der Waals surface area (Å²) < 4.78 is 7.36. The van der Waals surface area contributed by atoms with Gasteiger partial charge in [0.2, 0.25) is 0 Å². The number of aliphatic hydroxyl groups is 1. The van der Waals surface area contributed by atoms with Crippen molar-refractivity contribution in [3.05, 3.63) is 42.0 Å². The van der Waals surface area contributed by atoms with Crippen molar-refractivity contribution in [2.24, 2.45) is 12.0 Å². The Balaban J connectivity index is 0.00000364. The topological polar surface area (TPSA) is 96.6 Å². The predicted molar refractivity (Wildman–Crippen MR) is 116 cm³/mol. The lowest BCUT2D eigenvalue weighted by molar-refractivity contribution is 0.179. The van der Waals surface area contributed by atoms with Crippen molar-refractivity contribution in [1.82, 2.24) is 25.4 Å². The van der Waals surface area contributed by atoms with Gasteiger partial charge in [0, 0.05) is 20.1 Å². The molecule has 0 aliphatic heterocycles. The zero-order valence-electron chi connectivity index (χ0n) is 16.2. The summed E-state index contributed by atoms with van der Waals surface area (Å²) in [5.41, 5.74) is 0.791. The van der Waals surface area contributed by atoms with E-state index in [2.05, 4.69) is 25.7 Å². The van der Waals surface area contributed by atoms with Crippen molar-refractivity contribution in [2.45, 2.75) is 39.5 Å².